The first-order chi connectivity index (χ1) is 5.27. The molecule has 0 aliphatic carbocycles. The van der Waals surface area contributed by atoms with Crippen molar-refractivity contribution in [2.45, 2.75) is 19.5 Å². The standard InChI is InChI=1S/C9H12N2/c1-6-9-4-8(10)3-2-7(9)5-11-6/h2-4,6,11H,5,10H2,1H3/t6-/m0/s1. The zero-order chi connectivity index (χ0) is 7.84. The molecule has 0 spiro atoms. The number of hydrogen-bond acceptors (Lipinski definition) is 2. The van der Waals surface area contributed by atoms with Crippen LogP contribution in [0.1, 0.15) is 24.1 Å². The predicted octanol–water partition coefficient (Wildman–Crippen LogP) is 1.43. The SMILES string of the molecule is C[C@@H]1NCc2ccc(N)cc21. The molecule has 0 saturated heterocycles. The topological polar surface area (TPSA) is 38.0 Å². The lowest BCUT2D eigenvalue weighted by atomic mass is 10.1. The first-order valence-corrected chi connectivity index (χ1v) is 3.89. The summed E-state index contributed by atoms with van der Waals surface area (Å²) in [6.45, 7) is 3.14. The Labute approximate surface area is 66.4 Å². The van der Waals surface area contributed by atoms with Crippen molar-refractivity contribution in [2.75, 3.05) is 5.73 Å². The number of nitrogen functional groups attached to an aromatic ring is 1. The van der Waals surface area contributed by atoms with Gasteiger partial charge in [0, 0.05) is 18.3 Å². The molecule has 58 valence electrons. The van der Waals surface area contributed by atoms with E-state index in [9.17, 15) is 0 Å². The van der Waals surface area contributed by atoms with E-state index in [4.69, 9.17) is 5.73 Å². The maximum absolute atomic E-state index is 5.67. The minimum absolute atomic E-state index is 0.466. The zero-order valence-corrected chi connectivity index (χ0v) is 6.59. The second-order valence-corrected chi connectivity index (χ2v) is 3.06. The molecule has 0 amide bonds. The van der Waals surface area contributed by atoms with Gasteiger partial charge < -0.3 is 11.1 Å². The molecule has 0 saturated carbocycles. The first-order valence-electron chi connectivity index (χ1n) is 3.89. The largest absolute Gasteiger partial charge is 0.399 e. The molecule has 0 fully saturated rings. The number of hydrogen-bond donors (Lipinski definition) is 2. The molecule has 0 radical (unpaired) electrons. The average molecular weight is 148 g/mol. The third-order valence-electron chi connectivity index (χ3n) is 2.24. The van der Waals surface area contributed by atoms with E-state index in [2.05, 4.69) is 24.4 Å². The number of fused-ring (bicyclic) bond motifs is 1. The molecule has 11 heavy (non-hydrogen) atoms. The molecule has 2 heteroatoms. The van der Waals surface area contributed by atoms with Crippen molar-refractivity contribution in [1.82, 2.24) is 5.32 Å². The summed E-state index contributed by atoms with van der Waals surface area (Å²) < 4.78 is 0. The smallest absolute Gasteiger partial charge is 0.0317 e. The number of nitrogens with one attached hydrogen (secondary N) is 1. The van der Waals surface area contributed by atoms with Crippen molar-refractivity contribution in [3.8, 4) is 0 Å². The second-order valence-electron chi connectivity index (χ2n) is 3.06. The van der Waals surface area contributed by atoms with Crippen molar-refractivity contribution in [3.63, 3.8) is 0 Å². The highest BCUT2D eigenvalue weighted by Crippen LogP contribution is 2.26. The van der Waals surface area contributed by atoms with E-state index in [1.807, 2.05) is 6.07 Å². The molecular formula is C9H12N2. The van der Waals surface area contributed by atoms with E-state index in [0.29, 0.717) is 6.04 Å². The Hall–Kier alpha value is -1.02. The van der Waals surface area contributed by atoms with Crippen LogP contribution in [-0.2, 0) is 6.54 Å². The lowest BCUT2D eigenvalue weighted by molar-refractivity contribution is 0.633. The van der Waals surface area contributed by atoms with Crippen molar-refractivity contribution in [3.05, 3.63) is 29.3 Å². The van der Waals surface area contributed by atoms with Crippen molar-refractivity contribution in [1.29, 1.82) is 0 Å². The van der Waals surface area contributed by atoms with Crippen LogP contribution in [0.5, 0.6) is 0 Å². The fourth-order valence-electron chi connectivity index (χ4n) is 1.55. The highest BCUT2D eigenvalue weighted by Gasteiger charge is 2.16. The highest BCUT2D eigenvalue weighted by atomic mass is 14.9. The first kappa shape index (κ1) is 6.68. The van der Waals surface area contributed by atoms with E-state index in [1.165, 1.54) is 11.1 Å². The third-order valence-corrected chi connectivity index (χ3v) is 2.24. The molecule has 1 aromatic rings. The van der Waals surface area contributed by atoms with Gasteiger partial charge in [-0.25, -0.2) is 0 Å². The van der Waals surface area contributed by atoms with Gasteiger partial charge in [-0.2, -0.15) is 0 Å². The van der Waals surface area contributed by atoms with Crippen LogP contribution < -0.4 is 11.1 Å². The van der Waals surface area contributed by atoms with Crippen LogP contribution in [0.2, 0.25) is 0 Å². The van der Waals surface area contributed by atoms with Crippen LogP contribution in [0.3, 0.4) is 0 Å². The molecule has 2 rings (SSSR count). The van der Waals surface area contributed by atoms with Crippen LogP contribution in [0.4, 0.5) is 5.69 Å². The molecule has 0 unspecified atom stereocenters. The third kappa shape index (κ3) is 0.994. The van der Waals surface area contributed by atoms with E-state index >= 15 is 0 Å². The van der Waals surface area contributed by atoms with Crippen molar-refractivity contribution in [2.24, 2.45) is 0 Å². The fourth-order valence-corrected chi connectivity index (χ4v) is 1.55. The summed E-state index contributed by atoms with van der Waals surface area (Å²) in [7, 11) is 0. The Kier molecular flexibility index (Phi) is 1.36. The van der Waals surface area contributed by atoms with Gasteiger partial charge in [-0.3, -0.25) is 0 Å². The van der Waals surface area contributed by atoms with Gasteiger partial charge in [-0.05, 0) is 30.2 Å². The zero-order valence-electron chi connectivity index (χ0n) is 6.59. The summed E-state index contributed by atoms with van der Waals surface area (Å²) in [6.07, 6.45) is 0. The van der Waals surface area contributed by atoms with Crippen LogP contribution in [-0.4, -0.2) is 0 Å². The van der Waals surface area contributed by atoms with Crippen LogP contribution >= 0.6 is 0 Å². The van der Waals surface area contributed by atoms with Gasteiger partial charge >= 0.3 is 0 Å². The van der Waals surface area contributed by atoms with Gasteiger partial charge in [-0.1, -0.05) is 6.07 Å². The molecule has 1 heterocycles. The number of anilines is 1. The van der Waals surface area contributed by atoms with E-state index < -0.39 is 0 Å². The summed E-state index contributed by atoms with van der Waals surface area (Å²) in [5.41, 5.74) is 9.26. The van der Waals surface area contributed by atoms with Crippen LogP contribution in [0, 0.1) is 0 Å². The van der Waals surface area contributed by atoms with Crippen LogP contribution in [0.25, 0.3) is 0 Å². The average Bonchev–Trinajstić information content (AvgIpc) is 2.33. The van der Waals surface area contributed by atoms with Gasteiger partial charge in [-0.15, -0.1) is 0 Å². The number of rotatable bonds is 0. The Morgan fingerprint density at radius 2 is 2.36 bits per heavy atom. The molecule has 1 aliphatic heterocycles. The normalized spacial score (nSPS) is 21.7. The quantitative estimate of drug-likeness (QED) is 0.546. The van der Waals surface area contributed by atoms with E-state index in [1.54, 1.807) is 0 Å². The lowest BCUT2D eigenvalue weighted by Crippen LogP contribution is -2.07. The molecule has 2 nitrogen and oxygen atoms in total. The number of benzene rings is 1. The minimum Gasteiger partial charge on any atom is -0.399 e. The van der Waals surface area contributed by atoms with E-state index in [0.717, 1.165) is 12.2 Å². The summed E-state index contributed by atoms with van der Waals surface area (Å²) in [5.74, 6) is 0. The number of nitrogens with two attached hydrogens (primary N) is 1. The summed E-state index contributed by atoms with van der Waals surface area (Å²) in [5, 5.41) is 3.36. The Bertz CT molecular complexity index is 281. The monoisotopic (exact) mass is 148 g/mol. The lowest BCUT2D eigenvalue weighted by Gasteiger charge is -2.03. The summed E-state index contributed by atoms with van der Waals surface area (Å²) in [6, 6.07) is 6.58. The minimum atomic E-state index is 0.466. The highest BCUT2D eigenvalue weighted by molar-refractivity contribution is 5.47. The molecule has 3 N–H and O–H groups in total. The molecular weight excluding hydrogens is 136 g/mol. The Morgan fingerprint density at radius 3 is 3.18 bits per heavy atom. The fraction of sp³-hybridized carbons (Fsp3) is 0.333. The van der Waals surface area contributed by atoms with Crippen molar-refractivity contribution >= 4 is 5.69 Å². The molecule has 1 aliphatic rings. The molecule has 1 atom stereocenters. The van der Waals surface area contributed by atoms with Gasteiger partial charge in [0.2, 0.25) is 0 Å². The van der Waals surface area contributed by atoms with Crippen molar-refractivity contribution < 1.29 is 0 Å². The Morgan fingerprint density at radius 1 is 1.55 bits per heavy atom. The maximum atomic E-state index is 5.67. The Balaban J connectivity index is 2.52. The molecule has 1 aromatic carbocycles. The van der Waals surface area contributed by atoms with Gasteiger partial charge in [0.05, 0.1) is 0 Å². The molecule has 0 aromatic heterocycles. The summed E-state index contributed by atoms with van der Waals surface area (Å²) in [4.78, 5) is 0. The molecule has 0 bridgehead atoms. The van der Waals surface area contributed by atoms with Crippen LogP contribution in [0.15, 0.2) is 18.2 Å². The van der Waals surface area contributed by atoms with Gasteiger partial charge in [0.15, 0.2) is 0 Å². The van der Waals surface area contributed by atoms with E-state index in [-0.39, 0.29) is 0 Å². The van der Waals surface area contributed by atoms with Gasteiger partial charge in [0.1, 0.15) is 0 Å². The predicted molar refractivity (Wildman–Crippen MR) is 46.1 cm³/mol. The second kappa shape index (κ2) is 2.24. The maximum Gasteiger partial charge on any atom is 0.0317 e. The summed E-state index contributed by atoms with van der Waals surface area (Å²) >= 11 is 0. The van der Waals surface area contributed by atoms with Gasteiger partial charge in [0.25, 0.3) is 0 Å².